The number of nitrogens with zero attached hydrogens (tertiary/aromatic N) is 3. The lowest BCUT2D eigenvalue weighted by Crippen LogP contribution is -2.61. The van der Waals surface area contributed by atoms with Crippen LogP contribution in [0.15, 0.2) is 227 Å². The molecule has 0 saturated heterocycles. The van der Waals surface area contributed by atoms with Crippen LogP contribution in [0.4, 0.5) is 51.2 Å². The van der Waals surface area contributed by atoms with E-state index in [1.54, 1.807) is 0 Å². The number of rotatable bonds is 4. The molecular formula is C70H54BN3O3. The van der Waals surface area contributed by atoms with Gasteiger partial charge in [-0.3, -0.25) is 0 Å². The summed E-state index contributed by atoms with van der Waals surface area (Å²) in [6.07, 6.45) is 0. The normalized spacial score (nSPS) is 13.6. The van der Waals surface area contributed by atoms with E-state index in [0.29, 0.717) is 11.5 Å². The Labute approximate surface area is 449 Å². The molecule has 2 aromatic heterocycles. The van der Waals surface area contributed by atoms with Gasteiger partial charge in [0.2, 0.25) is 0 Å². The minimum Gasteiger partial charge on any atom is -0.468 e. The van der Waals surface area contributed by atoms with E-state index >= 15 is 0 Å². The fraction of sp³-hybridized carbons (Fsp3) is 0.114. The molecular weight excluding hydrogens is 942 g/mol. The second kappa shape index (κ2) is 16.7. The molecule has 0 atom stereocenters. The summed E-state index contributed by atoms with van der Waals surface area (Å²) in [7, 11) is 0. The van der Waals surface area contributed by atoms with Crippen LogP contribution in [0.1, 0.15) is 52.7 Å². The number of benzene rings is 10. The Kier molecular flexibility index (Phi) is 9.78. The van der Waals surface area contributed by atoms with E-state index in [-0.39, 0.29) is 17.5 Å². The molecule has 6 nitrogen and oxygen atoms in total. The highest BCUT2D eigenvalue weighted by molar-refractivity contribution is 7.00. The molecule has 0 fully saturated rings. The van der Waals surface area contributed by atoms with Crippen molar-refractivity contribution in [2.75, 3.05) is 14.7 Å². The van der Waals surface area contributed by atoms with Gasteiger partial charge in [-0.15, -0.1) is 0 Å². The zero-order valence-corrected chi connectivity index (χ0v) is 43.9. The summed E-state index contributed by atoms with van der Waals surface area (Å²) < 4.78 is 22.0. The van der Waals surface area contributed by atoms with Crippen molar-refractivity contribution in [2.24, 2.45) is 0 Å². The van der Waals surface area contributed by atoms with Crippen LogP contribution < -0.4 is 36.0 Å². The zero-order valence-electron chi connectivity index (χ0n) is 43.9. The first kappa shape index (κ1) is 45.2. The van der Waals surface area contributed by atoms with Crippen LogP contribution >= 0.6 is 0 Å². The molecule has 15 rings (SSSR count). The highest BCUT2D eigenvalue weighted by Crippen LogP contribution is 2.55. The fourth-order valence-corrected chi connectivity index (χ4v) is 12.3. The van der Waals surface area contributed by atoms with E-state index in [4.69, 9.17) is 13.6 Å². The molecule has 0 amide bonds. The number of hydrogen-bond acceptors (Lipinski definition) is 6. The molecule has 0 unspecified atom stereocenters. The molecule has 0 saturated carbocycles. The van der Waals surface area contributed by atoms with Gasteiger partial charge in [-0.1, -0.05) is 169 Å². The van der Waals surface area contributed by atoms with Crippen LogP contribution in [-0.4, -0.2) is 6.71 Å². The van der Waals surface area contributed by atoms with Crippen LogP contribution in [0, 0.1) is 0 Å². The molecule has 7 heteroatoms. The van der Waals surface area contributed by atoms with E-state index in [1.165, 1.54) is 11.1 Å². The van der Waals surface area contributed by atoms with Gasteiger partial charge < -0.3 is 28.3 Å². The maximum absolute atomic E-state index is 7.49. The van der Waals surface area contributed by atoms with Gasteiger partial charge >= 0.3 is 0 Å². The Morgan fingerprint density at radius 3 is 1.82 bits per heavy atom. The van der Waals surface area contributed by atoms with Gasteiger partial charge in [0.15, 0.2) is 17.1 Å². The average Bonchev–Trinajstić information content (AvgIpc) is 4.12. The third-order valence-electron chi connectivity index (χ3n) is 16.1. The molecule has 5 heterocycles. The van der Waals surface area contributed by atoms with Gasteiger partial charge in [0.1, 0.15) is 16.9 Å². The number of furan rings is 2. The van der Waals surface area contributed by atoms with Gasteiger partial charge in [-0.25, -0.2) is 0 Å². The lowest BCUT2D eigenvalue weighted by molar-refractivity contribution is 0.484. The Hall–Kier alpha value is -9.20. The molecule has 0 aliphatic carbocycles. The Morgan fingerprint density at radius 2 is 1.04 bits per heavy atom. The van der Waals surface area contributed by atoms with E-state index < -0.39 is 0 Å². The van der Waals surface area contributed by atoms with Gasteiger partial charge in [0.25, 0.3) is 6.71 Å². The van der Waals surface area contributed by atoms with Crippen LogP contribution in [-0.2, 0) is 10.8 Å². The summed E-state index contributed by atoms with van der Waals surface area (Å²) in [5.74, 6) is 1.39. The number of fused-ring (bicyclic) bond motifs is 14. The third kappa shape index (κ3) is 6.96. The van der Waals surface area contributed by atoms with Crippen molar-refractivity contribution in [3.05, 3.63) is 230 Å². The largest absolute Gasteiger partial charge is 0.468 e. The van der Waals surface area contributed by atoms with Crippen LogP contribution in [0.25, 0.3) is 55.2 Å². The molecule has 2 bridgehead atoms. The molecule has 10 aromatic carbocycles. The van der Waals surface area contributed by atoms with Crippen LogP contribution in [0.5, 0.6) is 11.5 Å². The molecule has 370 valence electrons. The summed E-state index contributed by atoms with van der Waals surface area (Å²) in [5.41, 5.74) is 21.5. The van der Waals surface area contributed by atoms with E-state index in [1.807, 2.05) is 6.07 Å². The van der Waals surface area contributed by atoms with E-state index in [2.05, 4.69) is 269 Å². The van der Waals surface area contributed by atoms with E-state index in [9.17, 15) is 0 Å². The van der Waals surface area contributed by atoms with Crippen molar-refractivity contribution in [3.8, 4) is 33.8 Å². The highest BCUT2D eigenvalue weighted by atomic mass is 16.5. The predicted molar refractivity (Wildman–Crippen MR) is 321 cm³/mol. The number of anilines is 9. The molecule has 12 aromatic rings. The van der Waals surface area contributed by atoms with Crippen molar-refractivity contribution in [1.29, 1.82) is 0 Å². The Morgan fingerprint density at radius 1 is 0.377 bits per heavy atom. The highest BCUT2D eigenvalue weighted by Gasteiger charge is 2.48. The topological polar surface area (TPSA) is 45.2 Å². The van der Waals surface area contributed by atoms with Crippen molar-refractivity contribution >= 4 is 107 Å². The van der Waals surface area contributed by atoms with Crippen molar-refractivity contribution in [2.45, 2.75) is 52.4 Å². The molecule has 3 aliphatic rings. The Bertz CT molecular complexity index is 4350. The lowest BCUT2D eigenvalue weighted by atomic mass is 9.35. The quantitative estimate of drug-likeness (QED) is 0.164. The van der Waals surface area contributed by atoms with Gasteiger partial charge in [-0.2, -0.15) is 0 Å². The second-order valence-electron chi connectivity index (χ2n) is 22.9. The first-order valence-electron chi connectivity index (χ1n) is 26.8. The van der Waals surface area contributed by atoms with Gasteiger partial charge in [0, 0.05) is 50.2 Å². The molecule has 0 radical (unpaired) electrons. The summed E-state index contributed by atoms with van der Waals surface area (Å²) in [6, 6.07) is 79.0. The standard InChI is InChI=1S/C70H54BN3O3/c1-69(2,3)46-29-32-48(33-30-46)73-57-24-17-25-58-64(57)71(68-65(73)53-40-45(28-38-61(53)77-68)43-18-9-7-10-19-43)54-36-34-49-42-59(54)74(58)66-63(39-35-51-50-22-13-15-26-60(50)76-67(51)66)75-62-27-16-14-23-56(62)72(49)55-37-31-47(70(4,5)6)41-52(55)44-20-11-8-12-21-44/h7-42H,1-6H3. The first-order chi connectivity index (χ1) is 37.5. The van der Waals surface area contributed by atoms with Crippen LogP contribution in [0.2, 0.25) is 0 Å². The Balaban J connectivity index is 1.05. The van der Waals surface area contributed by atoms with Gasteiger partial charge in [0.05, 0.1) is 22.7 Å². The van der Waals surface area contributed by atoms with Crippen molar-refractivity contribution in [1.82, 2.24) is 0 Å². The third-order valence-corrected chi connectivity index (χ3v) is 16.1. The fourth-order valence-electron chi connectivity index (χ4n) is 12.3. The summed E-state index contributed by atoms with van der Waals surface area (Å²) >= 11 is 0. The SMILES string of the molecule is CC(C)(C)c1ccc(N2c3cccc4c3B(c3ccc5cc3N4c3c(ccc4c3oc3ccccc34)Oc3ccccc3N5c3ccc(C(C)(C)C)cc3-c3ccccc3)c3oc4ccc(-c5ccccc5)cc4c32)cc1. The summed E-state index contributed by atoms with van der Waals surface area (Å²) in [4.78, 5) is 7.26. The predicted octanol–water partition coefficient (Wildman–Crippen LogP) is 17.9. The lowest BCUT2D eigenvalue weighted by Gasteiger charge is -2.43. The molecule has 3 aliphatic heterocycles. The number of hydrogen-bond donors (Lipinski definition) is 0. The van der Waals surface area contributed by atoms with Gasteiger partial charge in [-0.05, 0) is 141 Å². The number of ether oxygens (including phenoxy) is 1. The molecule has 77 heavy (non-hydrogen) atoms. The smallest absolute Gasteiger partial charge is 0.297 e. The average molecular weight is 996 g/mol. The molecule has 0 N–H and O–H groups in total. The molecule has 0 spiro atoms. The van der Waals surface area contributed by atoms with Crippen molar-refractivity contribution in [3.63, 3.8) is 0 Å². The first-order valence-corrected chi connectivity index (χ1v) is 26.8. The van der Waals surface area contributed by atoms with Crippen LogP contribution in [0.3, 0.4) is 0 Å². The maximum atomic E-state index is 7.49. The summed E-state index contributed by atoms with van der Waals surface area (Å²) in [6.45, 7) is 13.4. The van der Waals surface area contributed by atoms with E-state index in [0.717, 1.165) is 123 Å². The minimum atomic E-state index is -0.289. The number of para-hydroxylation sites is 3. The monoisotopic (exact) mass is 995 g/mol. The second-order valence-corrected chi connectivity index (χ2v) is 22.9. The van der Waals surface area contributed by atoms with Crippen molar-refractivity contribution < 1.29 is 13.6 Å². The zero-order chi connectivity index (χ0) is 51.9. The summed E-state index contributed by atoms with van der Waals surface area (Å²) in [5, 5.41) is 3.12. The minimum absolute atomic E-state index is 0.0201. The maximum Gasteiger partial charge on any atom is 0.297 e.